The van der Waals surface area contributed by atoms with Gasteiger partial charge in [0.15, 0.2) is 0 Å². The number of nitrogens with one attached hydrogen (secondary N) is 1. The third kappa shape index (κ3) is 5.94. The molecule has 43 heavy (non-hydrogen) atoms. The minimum absolute atomic E-state index is 0.133. The molecule has 1 atom stereocenters. The molecule has 1 aliphatic heterocycles. The summed E-state index contributed by atoms with van der Waals surface area (Å²) >= 11 is 1.45. The van der Waals surface area contributed by atoms with Crippen molar-refractivity contribution in [3.05, 3.63) is 131 Å². The number of carbonyl (C=O) groups is 2. The molecule has 0 fully saturated rings. The molecule has 3 heterocycles. The smallest absolute Gasteiger partial charge is 0.240 e. The lowest BCUT2D eigenvalue weighted by molar-refractivity contribution is -0.123. The van der Waals surface area contributed by atoms with Crippen molar-refractivity contribution in [2.24, 2.45) is 0 Å². The molecule has 216 valence electrons. The van der Waals surface area contributed by atoms with Gasteiger partial charge in [0.1, 0.15) is 18.2 Å². The van der Waals surface area contributed by atoms with Crippen LogP contribution in [0.25, 0.3) is 16.9 Å². The molecule has 1 aliphatic rings. The Labute approximate surface area is 253 Å². The summed E-state index contributed by atoms with van der Waals surface area (Å²) < 4.78 is 15.8. The van der Waals surface area contributed by atoms with E-state index in [-0.39, 0.29) is 35.2 Å². The number of thioether (sulfide) groups is 1. The number of fused-ring (bicyclic) bond motifs is 1. The van der Waals surface area contributed by atoms with Crippen molar-refractivity contribution in [2.45, 2.75) is 25.6 Å². The van der Waals surface area contributed by atoms with Gasteiger partial charge in [-0.2, -0.15) is 5.10 Å². The van der Waals surface area contributed by atoms with Crippen molar-refractivity contribution >= 4 is 29.4 Å². The van der Waals surface area contributed by atoms with Crippen LogP contribution in [0.5, 0.6) is 0 Å². The lowest BCUT2D eigenvalue weighted by Crippen LogP contribution is -2.42. The van der Waals surface area contributed by atoms with Crippen LogP contribution in [0.2, 0.25) is 0 Å². The number of carbonyl (C=O) groups excluding carboxylic acids is 2. The fourth-order valence-electron chi connectivity index (χ4n) is 5.34. The monoisotopic (exact) mass is 591 g/mol. The van der Waals surface area contributed by atoms with E-state index in [4.69, 9.17) is 5.10 Å². The number of pyridine rings is 1. The van der Waals surface area contributed by atoms with Crippen LogP contribution in [0.3, 0.4) is 0 Å². The van der Waals surface area contributed by atoms with Crippen LogP contribution >= 0.6 is 11.8 Å². The summed E-state index contributed by atoms with van der Waals surface area (Å²) in [4.78, 5) is 32.9. The molecular weight excluding hydrogens is 561 g/mol. The van der Waals surface area contributed by atoms with Crippen LogP contribution in [0.1, 0.15) is 33.1 Å². The molecule has 9 heteroatoms. The number of hydrogen-bond acceptors (Lipinski definition) is 5. The summed E-state index contributed by atoms with van der Waals surface area (Å²) in [6.45, 7) is 4.14. The van der Waals surface area contributed by atoms with E-state index in [0.717, 1.165) is 39.1 Å². The largest absolute Gasteiger partial charge is 0.350 e. The van der Waals surface area contributed by atoms with Gasteiger partial charge in [-0.3, -0.25) is 19.5 Å². The third-order valence-corrected chi connectivity index (χ3v) is 8.66. The third-order valence-electron chi connectivity index (χ3n) is 7.40. The van der Waals surface area contributed by atoms with Crippen LogP contribution in [-0.2, 0) is 16.1 Å². The van der Waals surface area contributed by atoms with E-state index in [1.807, 2.05) is 68.4 Å². The summed E-state index contributed by atoms with van der Waals surface area (Å²) in [6, 6.07) is 25.9. The second-order valence-corrected chi connectivity index (χ2v) is 11.6. The SMILES string of the molecule is Cc1ccc(-n2nc(-c3ccccc3)c3c2N(CC(=O)NCc2cccnc2)C(=O)CSC3c2ccc(F)cc2)c(C)c1. The van der Waals surface area contributed by atoms with E-state index in [9.17, 15) is 14.0 Å². The number of hydrogen-bond donors (Lipinski definition) is 1. The molecule has 6 rings (SSSR count). The van der Waals surface area contributed by atoms with Crippen molar-refractivity contribution < 1.29 is 14.0 Å². The number of anilines is 1. The molecule has 7 nitrogen and oxygen atoms in total. The van der Waals surface area contributed by atoms with Gasteiger partial charge in [-0.15, -0.1) is 11.8 Å². The number of nitrogens with zero attached hydrogens (tertiary/aromatic N) is 4. The van der Waals surface area contributed by atoms with Crippen LogP contribution in [0.15, 0.2) is 97.3 Å². The molecule has 5 aromatic rings. The van der Waals surface area contributed by atoms with E-state index in [1.54, 1.807) is 34.1 Å². The zero-order valence-corrected chi connectivity index (χ0v) is 24.6. The van der Waals surface area contributed by atoms with Crippen molar-refractivity contribution in [3.63, 3.8) is 0 Å². The Hall–Kier alpha value is -4.76. The maximum Gasteiger partial charge on any atom is 0.240 e. The van der Waals surface area contributed by atoms with Crippen LogP contribution < -0.4 is 10.2 Å². The molecule has 1 N–H and O–H groups in total. The zero-order valence-electron chi connectivity index (χ0n) is 23.8. The number of halogens is 1. The Morgan fingerprint density at radius 3 is 2.53 bits per heavy atom. The van der Waals surface area contributed by atoms with Gasteiger partial charge >= 0.3 is 0 Å². The molecule has 0 saturated carbocycles. The molecule has 0 aliphatic carbocycles. The second-order valence-electron chi connectivity index (χ2n) is 10.5. The first-order valence-electron chi connectivity index (χ1n) is 14.0. The van der Waals surface area contributed by atoms with E-state index in [2.05, 4.69) is 16.4 Å². The van der Waals surface area contributed by atoms with Gasteiger partial charge in [-0.1, -0.05) is 66.2 Å². The van der Waals surface area contributed by atoms with Crippen molar-refractivity contribution in [3.8, 4) is 16.9 Å². The van der Waals surface area contributed by atoms with Gasteiger partial charge in [-0.05, 0) is 54.8 Å². The van der Waals surface area contributed by atoms with Crippen molar-refractivity contribution in [1.82, 2.24) is 20.1 Å². The first-order chi connectivity index (χ1) is 20.9. The molecule has 3 aromatic carbocycles. The molecule has 1 unspecified atom stereocenters. The predicted molar refractivity (Wildman–Crippen MR) is 168 cm³/mol. The summed E-state index contributed by atoms with van der Waals surface area (Å²) in [7, 11) is 0. The van der Waals surface area contributed by atoms with Gasteiger partial charge in [-0.25, -0.2) is 9.07 Å². The van der Waals surface area contributed by atoms with Gasteiger partial charge in [0.2, 0.25) is 11.8 Å². The topological polar surface area (TPSA) is 80.1 Å². The summed E-state index contributed by atoms with van der Waals surface area (Å²) in [5.41, 5.74) is 6.98. The lowest BCUT2D eigenvalue weighted by atomic mass is 9.99. The molecule has 0 saturated heterocycles. The highest BCUT2D eigenvalue weighted by molar-refractivity contribution is 8.00. The summed E-state index contributed by atoms with van der Waals surface area (Å²) in [5.74, 6) is -0.180. The minimum atomic E-state index is -0.335. The Balaban J connectivity index is 1.53. The maximum absolute atomic E-state index is 14.0. The normalized spacial score (nSPS) is 14.7. The first kappa shape index (κ1) is 28.4. The second kappa shape index (κ2) is 12.2. The number of aryl methyl sites for hydroxylation is 2. The van der Waals surface area contributed by atoms with E-state index in [1.165, 1.54) is 23.9 Å². The molecule has 0 radical (unpaired) electrons. The molecule has 0 bridgehead atoms. The summed E-state index contributed by atoms with van der Waals surface area (Å²) in [6.07, 6.45) is 3.37. The highest BCUT2D eigenvalue weighted by atomic mass is 32.2. The van der Waals surface area contributed by atoms with E-state index in [0.29, 0.717) is 18.1 Å². The van der Waals surface area contributed by atoms with Crippen LogP contribution in [-0.4, -0.2) is 38.9 Å². The van der Waals surface area contributed by atoms with E-state index >= 15 is 0 Å². The lowest BCUT2D eigenvalue weighted by Gasteiger charge is -2.24. The van der Waals surface area contributed by atoms with Gasteiger partial charge in [0.05, 0.1) is 22.4 Å². The van der Waals surface area contributed by atoms with E-state index < -0.39 is 0 Å². The molecule has 2 amide bonds. The van der Waals surface area contributed by atoms with Crippen molar-refractivity contribution in [1.29, 1.82) is 0 Å². The minimum Gasteiger partial charge on any atom is -0.350 e. The zero-order chi connectivity index (χ0) is 29.9. The maximum atomic E-state index is 14.0. The van der Waals surface area contributed by atoms with Gasteiger partial charge in [0.25, 0.3) is 0 Å². The Bertz CT molecular complexity index is 1770. The number of amides is 2. The van der Waals surface area contributed by atoms with Crippen LogP contribution in [0, 0.1) is 19.7 Å². The first-order valence-corrected chi connectivity index (χ1v) is 15.0. The predicted octanol–water partition coefficient (Wildman–Crippen LogP) is 6.18. The Morgan fingerprint density at radius 2 is 1.81 bits per heavy atom. The Morgan fingerprint density at radius 1 is 1.02 bits per heavy atom. The number of aromatic nitrogens is 3. The fraction of sp³-hybridized carbons (Fsp3) is 0.176. The number of rotatable bonds is 7. The van der Waals surface area contributed by atoms with Gasteiger partial charge < -0.3 is 5.32 Å². The quantitative estimate of drug-likeness (QED) is 0.245. The van der Waals surface area contributed by atoms with Crippen molar-refractivity contribution in [2.75, 3.05) is 17.2 Å². The Kier molecular flexibility index (Phi) is 8.07. The number of benzene rings is 3. The molecule has 2 aromatic heterocycles. The summed E-state index contributed by atoms with van der Waals surface area (Å²) in [5, 5.41) is 7.74. The fourth-order valence-corrected chi connectivity index (χ4v) is 6.54. The molecule has 0 spiro atoms. The molecular formula is C34H30FN5O2S. The standard InChI is InChI=1S/C34H30FN5O2S/c1-22-10-15-28(23(2)17-22)40-34-31(32(38-40)25-8-4-3-5-9-25)33(26-11-13-27(35)14-12-26)43-21-30(42)39(34)20-29(41)37-19-24-7-6-16-36-18-24/h3-18,33H,19-21H2,1-2H3,(H,37,41). The van der Waals surface area contributed by atoms with Gasteiger partial charge in [0, 0.05) is 30.1 Å². The average molecular weight is 592 g/mol. The van der Waals surface area contributed by atoms with Crippen LogP contribution in [0.4, 0.5) is 10.2 Å². The average Bonchev–Trinajstić information content (AvgIpc) is 3.33. The highest BCUT2D eigenvalue weighted by Gasteiger charge is 2.38. The highest BCUT2D eigenvalue weighted by Crippen LogP contribution is 2.48.